The average Bonchev–Trinajstić information content (AvgIpc) is 0.833. The molecule has 6 aromatic rings. The zero-order valence-corrected chi connectivity index (χ0v) is 60.9. The van der Waals surface area contributed by atoms with Crippen LogP contribution in [0.5, 0.6) is 17.2 Å². The number of Topliss-reactive ketones (excluding diaryl/α,β-unsaturated/α-hetero) is 3. The number of ketones is 3. The average molecular weight is 1600 g/mol. The zero-order valence-electron chi connectivity index (χ0n) is 55.5. The summed E-state index contributed by atoms with van der Waals surface area (Å²) in [5.41, 5.74) is 3.09. The maximum atomic E-state index is 13.1. The monoisotopic (exact) mass is 1600 g/mol. The first-order valence-electron chi connectivity index (χ1n) is 32.3. The van der Waals surface area contributed by atoms with Crippen molar-refractivity contribution in [1.82, 2.24) is 31.9 Å². The highest BCUT2D eigenvalue weighted by molar-refractivity contribution is 9.10. The first-order valence-corrected chi connectivity index (χ1v) is 35.0. The summed E-state index contributed by atoms with van der Waals surface area (Å²) in [5.74, 6) is -1.86. The van der Waals surface area contributed by atoms with Crippen LogP contribution in [0.1, 0.15) is 130 Å². The molecular formula is C70H78Br2Cl3F3N12O12. The number of nitrogens with one attached hydrogen (secondary N) is 9. The number of rotatable bonds is 24. The van der Waals surface area contributed by atoms with E-state index in [2.05, 4.69) is 94.7 Å². The molecule has 24 nitrogen and oxygen atoms in total. The number of phenolic OH excluding ortho intramolecular Hbond substituents is 3. The molecule has 6 aromatic carbocycles. The molecule has 3 amide bonds. The van der Waals surface area contributed by atoms with Gasteiger partial charge in [-0.2, -0.15) is 13.2 Å². The lowest BCUT2D eigenvalue weighted by atomic mass is 9.90. The smallest absolute Gasteiger partial charge is 0.416 e. The van der Waals surface area contributed by atoms with Crippen molar-refractivity contribution >= 4 is 137 Å². The summed E-state index contributed by atoms with van der Waals surface area (Å²) in [7, 11) is 0. The number of carbonyl (C=O) groups is 6. The quantitative estimate of drug-likeness (QED) is 0.0268. The van der Waals surface area contributed by atoms with Crippen LogP contribution in [0.25, 0.3) is 0 Å². The molecule has 3 unspecified atom stereocenters. The van der Waals surface area contributed by atoms with Crippen LogP contribution in [-0.4, -0.2) is 161 Å². The van der Waals surface area contributed by atoms with Crippen LogP contribution in [0.15, 0.2) is 133 Å². The van der Waals surface area contributed by atoms with E-state index in [1.54, 1.807) is 31.2 Å². The number of β-amino-alcohol motifs (C(OH)–C–C–N with tert-alkyl or cyclic N) is 3. The van der Waals surface area contributed by atoms with Gasteiger partial charge in [-0.3, -0.25) is 43.7 Å². The van der Waals surface area contributed by atoms with E-state index >= 15 is 0 Å². The summed E-state index contributed by atoms with van der Waals surface area (Å²) in [4.78, 5) is 87.8. The van der Waals surface area contributed by atoms with Crippen LogP contribution >= 0.6 is 66.7 Å². The number of guanidine groups is 3. The molecule has 6 atom stereocenters. The molecule has 546 valence electrons. The molecular weight excluding hydrogens is 1520 g/mol. The van der Waals surface area contributed by atoms with Crippen LogP contribution in [0.4, 0.5) is 30.2 Å². The zero-order chi connectivity index (χ0) is 74.4. The summed E-state index contributed by atoms with van der Waals surface area (Å²) in [6, 6.07) is 27.1. The number of aliphatic hydroxyl groups is 3. The van der Waals surface area contributed by atoms with E-state index in [1.165, 1.54) is 48.5 Å². The van der Waals surface area contributed by atoms with Gasteiger partial charge in [-0.15, -0.1) is 0 Å². The predicted octanol–water partition coefficient (Wildman–Crippen LogP) is 10.5. The number of amides is 3. The highest BCUT2D eigenvalue weighted by Crippen LogP contribution is 2.36. The van der Waals surface area contributed by atoms with Crippen molar-refractivity contribution in [3.05, 3.63) is 172 Å². The third-order valence-electron chi connectivity index (χ3n) is 15.9. The minimum absolute atomic E-state index is 0.0109. The molecule has 0 saturated carbocycles. The van der Waals surface area contributed by atoms with E-state index in [4.69, 9.17) is 34.8 Å². The van der Waals surface area contributed by atoms with Crippen molar-refractivity contribution in [3.8, 4) is 17.2 Å². The molecule has 15 N–H and O–H groups in total. The van der Waals surface area contributed by atoms with Gasteiger partial charge >= 0.3 is 6.18 Å². The lowest BCUT2D eigenvalue weighted by Crippen LogP contribution is -2.42. The molecule has 0 bridgehead atoms. The summed E-state index contributed by atoms with van der Waals surface area (Å²) in [6.45, 7) is 6.88. The number of aliphatic hydroxyl groups excluding tert-OH is 3. The number of hydrogen-bond donors (Lipinski definition) is 15. The van der Waals surface area contributed by atoms with E-state index < -0.39 is 53.7 Å². The van der Waals surface area contributed by atoms with Gasteiger partial charge in [0.2, 0.25) is 0 Å². The highest BCUT2D eigenvalue weighted by atomic mass is 79.9. The fraction of sp³-hybridized carbons (Fsp3) is 0.357. The Balaban J connectivity index is 0.000000215. The highest BCUT2D eigenvalue weighted by Gasteiger charge is 2.32. The Morgan fingerprint density at radius 2 is 0.755 bits per heavy atom. The topological polar surface area (TPSA) is 369 Å². The van der Waals surface area contributed by atoms with Gasteiger partial charge in [0.15, 0.2) is 35.2 Å². The maximum absolute atomic E-state index is 13.1. The minimum atomic E-state index is -4.56. The Hall–Kier alpha value is -8.55. The number of alkyl halides is 3. The molecule has 3 heterocycles. The molecule has 3 aliphatic heterocycles. The molecule has 0 aliphatic carbocycles. The third-order valence-corrected chi connectivity index (χ3v) is 17.5. The standard InChI is InChI=1S/C24H26ClF3N4O4.2C23H26BrClN4O4/c1-2-13(14-3-16(24(26,27)28)8-17(25)4-14)6-20(34)10-29-22(36)15-5-18(9-19(33)7-15)32-23-30-11-21(35)12-31-23;2*1-2-13(14-3-16(24)8-17(25)4-14)6-20(31)10-26-22(33)15-5-18(9-19(30)7-15)29-23-27-11-21(32)12-28-23/h3-5,7-9,13,21,33,35H,2,6,10-12H2,1H3,(H,29,36)(H2,30,31,32);2*3-5,7-9,13,21,30,32H,2,6,10-12H2,1H3,(H,26,33)(H2,27,28,29)/t3*13-/m111/s1. The molecule has 32 heteroatoms. The first-order chi connectivity index (χ1) is 48.4. The van der Waals surface area contributed by atoms with E-state index in [1.807, 2.05) is 38.1 Å². The molecule has 0 radical (unpaired) electrons. The second kappa shape index (κ2) is 38.6. The number of benzene rings is 6. The number of halogens is 8. The number of carbonyl (C=O) groups excluding carboxylic acids is 6. The number of nitrogens with zero attached hydrogens (tertiary/aromatic N) is 3. The van der Waals surface area contributed by atoms with Crippen LogP contribution in [-0.2, 0) is 20.6 Å². The lowest BCUT2D eigenvalue weighted by molar-refractivity contribution is -0.137. The van der Waals surface area contributed by atoms with Crippen molar-refractivity contribution in [2.75, 3.05) is 74.9 Å². The summed E-state index contributed by atoms with van der Waals surface area (Å²) in [6.07, 6.45) is -3.90. The van der Waals surface area contributed by atoms with E-state index in [0.29, 0.717) is 76.6 Å². The van der Waals surface area contributed by atoms with Crippen LogP contribution < -0.4 is 47.9 Å². The first kappa shape index (κ1) is 80.8. The van der Waals surface area contributed by atoms with Crippen LogP contribution in [0, 0.1) is 0 Å². The van der Waals surface area contributed by atoms with Gasteiger partial charge in [-0.05, 0) is 145 Å². The SMILES string of the molecule is CC[C@H](CC(=O)CNC(=O)c1cc(O)cc(NC2=NCC(O)CN2)c1)c1cc(Cl)cc(Br)c1.CC[C@H](CC(=O)CNC(=O)c1cc(O)cc(NC2=NCC(O)CN2)c1)c1cc(Cl)cc(Br)c1.CC[C@H](CC(=O)CNC(=O)c1cc(O)cc(NC2=NCC(O)CN2)c1)c1cc(Cl)cc(C(F)(F)F)c1. The van der Waals surface area contributed by atoms with Gasteiger partial charge in [-0.1, -0.05) is 87.4 Å². The minimum Gasteiger partial charge on any atom is -0.508 e. The number of anilines is 3. The van der Waals surface area contributed by atoms with E-state index in [0.717, 1.165) is 45.0 Å². The largest absolute Gasteiger partial charge is 0.508 e. The third kappa shape index (κ3) is 26.4. The fourth-order valence-electron chi connectivity index (χ4n) is 10.7. The summed E-state index contributed by atoms with van der Waals surface area (Å²) >= 11 is 25.0. The molecule has 0 saturated heterocycles. The molecule has 3 aliphatic rings. The normalized spacial score (nSPS) is 16.4. The molecule has 102 heavy (non-hydrogen) atoms. The molecule has 0 fully saturated rings. The fourth-order valence-corrected chi connectivity index (χ4v) is 12.7. The Morgan fingerprint density at radius 3 is 1.02 bits per heavy atom. The van der Waals surface area contributed by atoms with Crippen molar-refractivity contribution < 1.29 is 72.6 Å². The Kier molecular flexibility index (Phi) is 30.6. The molecule has 9 rings (SSSR count). The Bertz CT molecular complexity index is 3890. The van der Waals surface area contributed by atoms with Crippen molar-refractivity contribution in [1.29, 1.82) is 0 Å². The van der Waals surface area contributed by atoms with Gasteiger partial charge < -0.3 is 78.5 Å². The Morgan fingerprint density at radius 1 is 0.461 bits per heavy atom. The predicted molar refractivity (Wildman–Crippen MR) is 394 cm³/mol. The maximum Gasteiger partial charge on any atom is 0.416 e. The van der Waals surface area contributed by atoms with Crippen LogP contribution in [0.3, 0.4) is 0 Å². The van der Waals surface area contributed by atoms with Crippen molar-refractivity contribution in [2.45, 2.75) is 102 Å². The second-order valence-electron chi connectivity index (χ2n) is 24.1. The Labute approximate surface area is 618 Å². The summed E-state index contributed by atoms with van der Waals surface area (Å²) < 4.78 is 41.1. The van der Waals surface area contributed by atoms with E-state index in [-0.39, 0.29) is 127 Å². The lowest BCUT2D eigenvalue weighted by Gasteiger charge is -2.20. The van der Waals surface area contributed by atoms with Crippen molar-refractivity contribution in [2.24, 2.45) is 15.0 Å². The van der Waals surface area contributed by atoms with Crippen molar-refractivity contribution in [3.63, 3.8) is 0 Å². The number of aromatic hydroxyl groups is 3. The van der Waals surface area contributed by atoms with Gasteiger partial charge in [0.05, 0.1) is 63.1 Å². The number of phenols is 3. The molecule has 0 spiro atoms. The van der Waals surface area contributed by atoms with Crippen LogP contribution in [0.2, 0.25) is 15.1 Å². The summed E-state index contributed by atoms with van der Waals surface area (Å²) in [5, 5.41) is 84.9. The second-order valence-corrected chi connectivity index (χ2v) is 27.3. The van der Waals surface area contributed by atoms with E-state index in [9.17, 15) is 72.6 Å². The van der Waals surface area contributed by atoms with Gasteiger partial charge in [0.1, 0.15) is 17.2 Å². The number of hydrogen-bond acceptors (Lipinski definition) is 21. The van der Waals surface area contributed by atoms with Gasteiger partial charge in [0, 0.05) is 115 Å². The number of aliphatic imine (C=N–C) groups is 3. The van der Waals surface area contributed by atoms with Gasteiger partial charge in [0.25, 0.3) is 17.7 Å². The van der Waals surface area contributed by atoms with Gasteiger partial charge in [-0.25, -0.2) is 0 Å². The molecule has 0 aromatic heterocycles.